The fourth-order valence-electron chi connectivity index (χ4n) is 4.08. The second-order valence-electron chi connectivity index (χ2n) is 8.00. The molecule has 3 nitrogen and oxygen atoms in total. The van der Waals surface area contributed by atoms with E-state index in [0.29, 0.717) is 11.8 Å². The van der Waals surface area contributed by atoms with E-state index >= 15 is 0 Å². The second-order valence-corrected chi connectivity index (χ2v) is 8.00. The molecule has 0 aliphatic rings. The van der Waals surface area contributed by atoms with Crippen molar-refractivity contribution in [2.24, 2.45) is 7.05 Å². The van der Waals surface area contributed by atoms with Gasteiger partial charge in [-0.05, 0) is 59.6 Å². The predicted octanol–water partition coefficient (Wildman–Crippen LogP) is 5.90. The van der Waals surface area contributed by atoms with Gasteiger partial charge in [0.15, 0.2) is 0 Å². The van der Waals surface area contributed by atoms with E-state index in [0.717, 1.165) is 11.9 Å². The lowest BCUT2D eigenvalue weighted by atomic mass is 9.88. The molecule has 0 saturated heterocycles. The molecule has 0 radical (unpaired) electrons. The van der Waals surface area contributed by atoms with Crippen molar-refractivity contribution in [1.82, 2.24) is 14.8 Å². The summed E-state index contributed by atoms with van der Waals surface area (Å²) in [6, 6.07) is 13.3. The minimum absolute atomic E-state index is 0.423. The molecule has 0 aliphatic heterocycles. The molecular weight excluding hydrogens is 330 g/mol. The number of fused-ring (bicyclic) bond motifs is 2. The smallest absolute Gasteiger partial charge is 0.0734 e. The van der Waals surface area contributed by atoms with E-state index in [1.165, 1.54) is 38.5 Å². The number of rotatable bonds is 4. The number of hydrogen-bond donors (Lipinski definition) is 0. The summed E-state index contributed by atoms with van der Waals surface area (Å²) in [5, 5.41) is 6.90. The first-order valence-corrected chi connectivity index (χ1v) is 9.74. The number of pyridine rings is 1. The fraction of sp³-hybridized carbons (Fsp3) is 0.333. The van der Waals surface area contributed by atoms with Gasteiger partial charge in [0, 0.05) is 24.0 Å². The highest BCUT2D eigenvalue weighted by atomic mass is 15.2. The number of benzene rings is 2. The predicted molar refractivity (Wildman–Crippen MR) is 113 cm³/mol. The molecular formula is C24H27N3. The van der Waals surface area contributed by atoms with Crippen molar-refractivity contribution < 1.29 is 0 Å². The Hall–Kier alpha value is -2.68. The Labute approximate surface area is 161 Å². The summed E-state index contributed by atoms with van der Waals surface area (Å²) in [4.78, 5) is 4.81. The molecule has 2 aromatic carbocycles. The van der Waals surface area contributed by atoms with E-state index in [2.05, 4.69) is 69.2 Å². The molecule has 138 valence electrons. The van der Waals surface area contributed by atoms with Crippen molar-refractivity contribution in [2.75, 3.05) is 0 Å². The van der Waals surface area contributed by atoms with E-state index in [9.17, 15) is 0 Å². The van der Waals surface area contributed by atoms with Gasteiger partial charge in [-0.1, -0.05) is 45.0 Å². The van der Waals surface area contributed by atoms with Gasteiger partial charge >= 0.3 is 0 Å². The summed E-state index contributed by atoms with van der Waals surface area (Å²) in [5.41, 5.74) is 7.67. The van der Waals surface area contributed by atoms with Crippen LogP contribution in [0.1, 0.15) is 54.9 Å². The first kappa shape index (κ1) is 17.7. The monoisotopic (exact) mass is 357 g/mol. The first-order chi connectivity index (χ1) is 13.0. The SMILES string of the molecule is Cc1c(C(C)Cc2cccc3cc(C(C)C)cnc23)ccc2c1cnn2C. The summed E-state index contributed by atoms with van der Waals surface area (Å²) >= 11 is 0. The second kappa shape index (κ2) is 6.80. The Balaban J connectivity index is 1.70. The topological polar surface area (TPSA) is 30.7 Å². The maximum absolute atomic E-state index is 4.81. The molecule has 2 aromatic heterocycles. The summed E-state index contributed by atoms with van der Waals surface area (Å²) in [5.74, 6) is 0.921. The summed E-state index contributed by atoms with van der Waals surface area (Å²) in [7, 11) is 2.00. The third-order valence-corrected chi connectivity index (χ3v) is 5.78. The van der Waals surface area contributed by atoms with Gasteiger partial charge in [0.05, 0.1) is 17.2 Å². The zero-order valence-corrected chi connectivity index (χ0v) is 16.8. The average Bonchev–Trinajstić information content (AvgIpc) is 3.03. The highest BCUT2D eigenvalue weighted by Crippen LogP contribution is 2.31. The van der Waals surface area contributed by atoms with Crippen LogP contribution in [0.3, 0.4) is 0 Å². The van der Waals surface area contributed by atoms with Crippen LogP contribution in [0.5, 0.6) is 0 Å². The molecule has 4 rings (SSSR count). The molecule has 0 bridgehead atoms. The van der Waals surface area contributed by atoms with Gasteiger partial charge in [-0.3, -0.25) is 9.67 Å². The highest BCUT2D eigenvalue weighted by molar-refractivity contribution is 5.84. The minimum Gasteiger partial charge on any atom is -0.268 e. The van der Waals surface area contributed by atoms with Gasteiger partial charge in [0.2, 0.25) is 0 Å². The molecule has 1 atom stereocenters. The average molecular weight is 358 g/mol. The number of para-hydroxylation sites is 1. The van der Waals surface area contributed by atoms with E-state index in [4.69, 9.17) is 4.98 Å². The van der Waals surface area contributed by atoms with Crippen molar-refractivity contribution in [3.8, 4) is 0 Å². The van der Waals surface area contributed by atoms with Crippen LogP contribution in [-0.2, 0) is 13.5 Å². The van der Waals surface area contributed by atoms with Crippen LogP contribution in [-0.4, -0.2) is 14.8 Å². The number of nitrogens with zero attached hydrogens (tertiary/aromatic N) is 3. The van der Waals surface area contributed by atoms with Crippen molar-refractivity contribution in [1.29, 1.82) is 0 Å². The lowest BCUT2D eigenvalue weighted by Crippen LogP contribution is -2.03. The van der Waals surface area contributed by atoms with Gasteiger partial charge in [-0.15, -0.1) is 0 Å². The Kier molecular flexibility index (Phi) is 4.47. The molecule has 0 aliphatic carbocycles. The summed E-state index contributed by atoms with van der Waals surface area (Å²) in [6.07, 6.45) is 5.00. The summed E-state index contributed by atoms with van der Waals surface area (Å²) < 4.78 is 1.94. The molecule has 27 heavy (non-hydrogen) atoms. The molecule has 3 heteroatoms. The number of aromatic nitrogens is 3. The van der Waals surface area contributed by atoms with Crippen LogP contribution >= 0.6 is 0 Å². The first-order valence-electron chi connectivity index (χ1n) is 9.74. The van der Waals surface area contributed by atoms with Crippen molar-refractivity contribution in [3.63, 3.8) is 0 Å². The third-order valence-electron chi connectivity index (χ3n) is 5.78. The minimum atomic E-state index is 0.423. The fourth-order valence-corrected chi connectivity index (χ4v) is 4.08. The van der Waals surface area contributed by atoms with Crippen LogP contribution in [0.25, 0.3) is 21.8 Å². The normalized spacial score (nSPS) is 13.0. The maximum atomic E-state index is 4.81. The molecule has 4 aromatic rings. The maximum Gasteiger partial charge on any atom is 0.0734 e. The Bertz CT molecular complexity index is 1120. The van der Waals surface area contributed by atoms with Crippen molar-refractivity contribution in [3.05, 3.63) is 71.0 Å². The summed E-state index contributed by atoms with van der Waals surface area (Å²) in [6.45, 7) is 8.95. The van der Waals surface area contributed by atoms with Crippen LogP contribution in [0, 0.1) is 6.92 Å². The zero-order chi connectivity index (χ0) is 19.1. The molecule has 1 unspecified atom stereocenters. The Morgan fingerprint density at radius 3 is 2.63 bits per heavy atom. The van der Waals surface area contributed by atoms with Crippen molar-refractivity contribution >= 4 is 21.8 Å². The van der Waals surface area contributed by atoms with E-state index < -0.39 is 0 Å². The molecule has 0 amide bonds. The molecule has 0 fully saturated rings. The lowest BCUT2D eigenvalue weighted by molar-refractivity contribution is 0.757. The van der Waals surface area contributed by atoms with Crippen molar-refractivity contribution in [2.45, 2.75) is 46.0 Å². The van der Waals surface area contributed by atoms with Crippen LogP contribution in [0.2, 0.25) is 0 Å². The van der Waals surface area contributed by atoms with Crippen LogP contribution < -0.4 is 0 Å². The van der Waals surface area contributed by atoms with Gasteiger partial charge in [-0.25, -0.2) is 0 Å². The van der Waals surface area contributed by atoms with E-state index in [-0.39, 0.29) is 0 Å². The van der Waals surface area contributed by atoms with Crippen LogP contribution in [0.4, 0.5) is 0 Å². The largest absolute Gasteiger partial charge is 0.268 e. The third kappa shape index (κ3) is 3.12. The molecule has 0 spiro atoms. The Morgan fingerprint density at radius 2 is 1.85 bits per heavy atom. The van der Waals surface area contributed by atoms with Gasteiger partial charge in [0.25, 0.3) is 0 Å². The number of aryl methyl sites for hydroxylation is 2. The standard InChI is InChI=1S/C24H27N3/c1-15(2)20-12-19-8-6-7-18(24(19)25-13-20)11-16(3)21-9-10-23-22(17(21)4)14-26-27(23)5/h6-10,12-16H,11H2,1-5H3. The van der Waals surface area contributed by atoms with E-state index in [1.54, 1.807) is 0 Å². The Morgan fingerprint density at radius 1 is 1.04 bits per heavy atom. The molecule has 0 N–H and O–H groups in total. The van der Waals surface area contributed by atoms with Gasteiger partial charge in [-0.2, -0.15) is 5.10 Å². The van der Waals surface area contributed by atoms with Crippen LogP contribution in [0.15, 0.2) is 48.8 Å². The zero-order valence-electron chi connectivity index (χ0n) is 16.8. The van der Waals surface area contributed by atoms with Gasteiger partial charge in [0.1, 0.15) is 0 Å². The van der Waals surface area contributed by atoms with Gasteiger partial charge < -0.3 is 0 Å². The molecule has 2 heterocycles. The highest BCUT2D eigenvalue weighted by Gasteiger charge is 2.15. The lowest BCUT2D eigenvalue weighted by Gasteiger charge is -2.17. The quantitative estimate of drug-likeness (QED) is 0.455. The van der Waals surface area contributed by atoms with E-state index in [1.807, 2.05) is 24.1 Å². The number of hydrogen-bond acceptors (Lipinski definition) is 2. The molecule has 0 saturated carbocycles.